The largest absolute Gasteiger partial charge is 0.421 e. The quantitative estimate of drug-likeness (QED) is 0.530. The average Bonchev–Trinajstić information content (AvgIpc) is 3.11. The molecule has 116 valence electrons. The van der Waals surface area contributed by atoms with Crippen LogP contribution in [0.1, 0.15) is 9.68 Å². The lowest BCUT2D eigenvalue weighted by molar-refractivity contribution is 0.639. The highest BCUT2D eigenvalue weighted by molar-refractivity contribution is 6.87. The summed E-state index contributed by atoms with van der Waals surface area (Å²) in [5.74, 6) is 0.462. The third-order valence-electron chi connectivity index (χ3n) is 3.70. The third-order valence-corrected chi connectivity index (χ3v) is 5.26. The van der Waals surface area contributed by atoms with E-state index in [-0.39, 0.29) is 5.56 Å². The maximum atomic E-state index is 7.46. The highest BCUT2D eigenvalue weighted by atomic mass is 28.3. The molecule has 0 aliphatic carbocycles. The van der Waals surface area contributed by atoms with Gasteiger partial charge in [-0.1, -0.05) is 31.8 Å². The second-order valence-electron chi connectivity index (χ2n) is 6.57. The molecule has 0 saturated carbocycles. The number of oxazole rings is 1. The van der Waals surface area contributed by atoms with Crippen molar-refractivity contribution in [2.75, 3.05) is 0 Å². The number of rotatable bonds is 2. The van der Waals surface area contributed by atoms with E-state index in [0.717, 1.165) is 16.5 Å². The molecule has 1 aromatic carbocycles. The van der Waals surface area contributed by atoms with Crippen LogP contribution in [-0.2, 0) is 0 Å². The van der Waals surface area contributed by atoms with E-state index >= 15 is 0 Å². The van der Waals surface area contributed by atoms with Crippen LogP contribution in [0.4, 0.5) is 0 Å². The summed E-state index contributed by atoms with van der Waals surface area (Å²) in [6.45, 7) is 4.39. The molecule has 0 spiro atoms. The van der Waals surface area contributed by atoms with Gasteiger partial charge in [-0.25, -0.2) is 0 Å². The fraction of sp³-hybridized carbons (Fsp3) is 0.235. The SMILES string of the molecule is [2H]C([2H])([2H])c1ccc(-c2cccc3c2oc2nc([Si](C)(C)C)nn23)nc1. The zero-order valence-electron chi connectivity index (χ0n) is 16.2. The van der Waals surface area contributed by atoms with E-state index in [1.807, 2.05) is 18.2 Å². The van der Waals surface area contributed by atoms with Crippen LogP contribution >= 0.6 is 0 Å². The number of hydrogen-bond donors (Lipinski definition) is 0. The van der Waals surface area contributed by atoms with Crippen LogP contribution in [-0.4, -0.2) is 27.7 Å². The van der Waals surface area contributed by atoms with Gasteiger partial charge in [0.15, 0.2) is 5.58 Å². The zero-order valence-corrected chi connectivity index (χ0v) is 14.2. The number of pyridine rings is 1. The number of aromatic nitrogens is 4. The normalized spacial score (nSPS) is 14.8. The Morgan fingerprint density at radius 1 is 1.17 bits per heavy atom. The second kappa shape index (κ2) is 4.76. The minimum absolute atomic E-state index is 0.212. The highest BCUT2D eigenvalue weighted by Gasteiger charge is 2.25. The summed E-state index contributed by atoms with van der Waals surface area (Å²) in [7, 11) is -1.64. The van der Waals surface area contributed by atoms with E-state index in [0.29, 0.717) is 17.1 Å². The molecule has 0 fully saturated rings. The fourth-order valence-electron chi connectivity index (χ4n) is 2.48. The standard InChI is InChI=1S/C17H18N4OSi/c1-11-8-9-13(18-10-11)12-6-5-7-14-15(12)22-17-19-16(20-21(14)17)23(2,3)4/h5-10H,1-4H3/i1D3. The van der Waals surface area contributed by atoms with Gasteiger partial charge in [0.2, 0.25) is 0 Å². The molecular weight excluding hydrogens is 304 g/mol. The summed E-state index contributed by atoms with van der Waals surface area (Å²) in [6, 6.07) is 8.99. The van der Waals surface area contributed by atoms with Gasteiger partial charge in [-0.05, 0) is 30.6 Å². The van der Waals surface area contributed by atoms with E-state index in [1.54, 1.807) is 16.6 Å². The predicted molar refractivity (Wildman–Crippen MR) is 93.7 cm³/mol. The summed E-state index contributed by atoms with van der Waals surface area (Å²) in [5.41, 5.74) is 3.94. The topological polar surface area (TPSA) is 56.2 Å². The Labute approximate surface area is 139 Å². The summed E-state index contributed by atoms with van der Waals surface area (Å²) in [5, 5.41) is 4.63. The number of fused-ring (bicyclic) bond motifs is 3. The molecule has 0 aliphatic heterocycles. The molecule has 4 aromatic rings. The summed E-state index contributed by atoms with van der Waals surface area (Å²) in [4.78, 5) is 8.87. The van der Waals surface area contributed by atoms with Crippen molar-refractivity contribution in [1.29, 1.82) is 0 Å². The van der Waals surface area contributed by atoms with Crippen molar-refractivity contribution in [2.24, 2.45) is 0 Å². The Balaban J connectivity index is 1.86. The van der Waals surface area contributed by atoms with Crippen molar-refractivity contribution in [2.45, 2.75) is 26.5 Å². The maximum absolute atomic E-state index is 7.46. The first-order chi connectivity index (χ1) is 12.1. The molecule has 0 aliphatic rings. The van der Waals surface area contributed by atoms with Gasteiger partial charge in [-0.2, -0.15) is 14.6 Å². The first-order valence-corrected chi connectivity index (χ1v) is 10.9. The van der Waals surface area contributed by atoms with Gasteiger partial charge in [0.25, 0.3) is 0 Å². The van der Waals surface area contributed by atoms with Crippen molar-refractivity contribution >= 4 is 30.5 Å². The van der Waals surface area contributed by atoms with Crippen molar-refractivity contribution in [3.05, 3.63) is 42.1 Å². The van der Waals surface area contributed by atoms with Crippen molar-refractivity contribution in [3.63, 3.8) is 0 Å². The lowest BCUT2D eigenvalue weighted by atomic mass is 10.1. The second-order valence-corrected chi connectivity index (χ2v) is 11.5. The molecule has 3 heterocycles. The van der Waals surface area contributed by atoms with Crippen LogP contribution in [0.5, 0.6) is 0 Å². The van der Waals surface area contributed by atoms with Gasteiger partial charge < -0.3 is 4.42 Å². The molecular formula is C17H18N4OSi. The number of aryl methyl sites for hydroxylation is 1. The lowest BCUT2D eigenvalue weighted by Crippen LogP contribution is -2.40. The van der Waals surface area contributed by atoms with Crippen molar-refractivity contribution < 1.29 is 8.53 Å². The molecule has 3 aromatic heterocycles. The van der Waals surface area contributed by atoms with Gasteiger partial charge in [0.1, 0.15) is 19.0 Å². The molecule has 4 rings (SSSR count). The van der Waals surface area contributed by atoms with Crippen LogP contribution in [0.2, 0.25) is 19.6 Å². The average molecular weight is 325 g/mol. The first kappa shape index (κ1) is 11.1. The number of benzene rings is 1. The first-order valence-electron chi connectivity index (χ1n) is 8.90. The van der Waals surface area contributed by atoms with E-state index < -0.39 is 14.9 Å². The maximum Gasteiger partial charge on any atom is 0.325 e. The lowest BCUT2D eigenvalue weighted by Gasteiger charge is -2.08. The van der Waals surface area contributed by atoms with Crippen LogP contribution in [0.15, 0.2) is 40.9 Å². The molecule has 6 heteroatoms. The molecule has 5 nitrogen and oxygen atoms in total. The van der Waals surface area contributed by atoms with Crippen LogP contribution in [0.25, 0.3) is 28.2 Å². The van der Waals surface area contributed by atoms with E-state index in [1.165, 1.54) is 6.20 Å². The molecule has 0 radical (unpaired) electrons. The third kappa shape index (κ3) is 2.26. The van der Waals surface area contributed by atoms with Gasteiger partial charge in [0.05, 0.1) is 5.69 Å². The van der Waals surface area contributed by atoms with Crippen molar-refractivity contribution in [3.8, 4) is 11.3 Å². The molecule has 0 atom stereocenters. The predicted octanol–water partition coefficient (Wildman–Crippen LogP) is 3.39. The number of hydrogen-bond acceptors (Lipinski definition) is 4. The Hall–Kier alpha value is -2.47. The smallest absolute Gasteiger partial charge is 0.325 e. The Kier molecular flexibility index (Phi) is 2.30. The summed E-state index contributed by atoms with van der Waals surface area (Å²) >= 11 is 0. The van der Waals surface area contributed by atoms with Gasteiger partial charge in [0, 0.05) is 15.9 Å². The van der Waals surface area contributed by atoms with Crippen LogP contribution in [0, 0.1) is 6.85 Å². The monoisotopic (exact) mass is 325 g/mol. The minimum Gasteiger partial charge on any atom is -0.421 e. The highest BCUT2D eigenvalue weighted by Crippen LogP contribution is 2.29. The molecule has 0 N–H and O–H groups in total. The van der Waals surface area contributed by atoms with Gasteiger partial charge >= 0.3 is 5.84 Å². The number of para-hydroxylation sites is 1. The fourth-order valence-corrected chi connectivity index (χ4v) is 3.31. The molecule has 0 unspecified atom stereocenters. The number of nitrogens with zero attached hydrogens (tertiary/aromatic N) is 4. The van der Waals surface area contributed by atoms with Crippen molar-refractivity contribution in [1.82, 2.24) is 19.6 Å². The summed E-state index contributed by atoms with van der Waals surface area (Å²) in [6.07, 6.45) is 1.39. The van der Waals surface area contributed by atoms with Crippen LogP contribution in [0.3, 0.4) is 0 Å². The molecule has 0 amide bonds. The zero-order chi connectivity index (χ0) is 18.7. The van der Waals surface area contributed by atoms with Gasteiger partial charge in [-0.15, -0.1) is 0 Å². The molecule has 0 saturated heterocycles. The van der Waals surface area contributed by atoms with E-state index in [4.69, 9.17) is 8.53 Å². The minimum atomic E-state index is -2.17. The Bertz CT molecular complexity index is 1110. The van der Waals surface area contributed by atoms with E-state index in [2.05, 4.69) is 34.7 Å². The molecule has 23 heavy (non-hydrogen) atoms. The van der Waals surface area contributed by atoms with Crippen LogP contribution < -0.4 is 5.45 Å². The van der Waals surface area contributed by atoms with Gasteiger partial charge in [-0.3, -0.25) is 4.98 Å². The van der Waals surface area contributed by atoms with E-state index in [9.17, 15) is 0 Å². The molecule has 0 bridgehead atoms. The Morgan fingerprint density at radius 3 is 2.74 bits per heavy atom. The summed E-state index contributed by atoms with van der Waals surface area (Å²) < 4.78 is 30.1. The Morgan fingerprint density at radius 2 is 2.04 bits per heavy atom.